The second-order valence-electron chi connectivity index (χ2n) is 6.17. The van der Waals surface area contributed by atoms with Gasteiger partial charge in [-0.25, -0.2) is 9.07 Å². The molecule has 0 radical (unpaired) electrons. The topological polar surface area (TPSA) is 59.0 Å². The van der Waals surface area contributed by atoms with E-state index in [-0.39, 0.29) is 24.1 Å². The van der Waals surface area contributed by atoms with Crippen molar-refractivity contribution in [2.75, 3.05) is 19.6 Å². The van der Waals surface area contributed by atoms with Crippen LogP contribution in [0.1, 0.15) is 35.8 Å². The number of carbonyl (C=O) groups is 1. The summed E-state index contributed by atoms with van der Waals surface area (Å²) in [5, 5.41) is 10.7. The standard InChI is InChI=1S/C18H23FN4O.ClH/c1-2-17-16(18(24)21-11-13-4-3-9-20-10-13)12-22-23(17)15-7-5-14(19)6-8-15;/h5-8,12-13,20H,2-4,9-11H2,1H3,(H,21,24);1H. The van der Waals surface area contributed by atoms with E-state index in [1.54, 1.807) is 23.0 Å². The second kappa shape index (κ2) is 8.97. The van der Waals surface area contributed by atoms with Gasteiger partial charge in [0.15, 0.2) is 0 Å². The normalized spacial score (nSPS) is 17.0. The van der Waals surface area contributed by atoms with Crippen LogP contribution in [0.3, 0.4) is 0 Å². The van der Waals surface area contributed by atoms with Gasteiger partial charge in [0.2, 0.25) is 0 Å². The van der Waals surface area contributed by atoms with Crippen molar-refractivity contribution in [3.63, 3.8) is 0 Å². The van der Waals surface area contributed by atoms with E-state index in [9.17, 15) is 9.18 Å². The number of nitrogens with one attached hydrogen (secondary N) is 2. The van der Waals surface area contributed by atoms with Crippen LogP contribution in [0.4, 0.5) is 4.39 Å². The zero-order valence-corrected chi connectivity index (χ0v) is 15.1. The van der Waals surface area contributed by atoms with Crippen LogP contribution >= 0.6 is 12.4 Å². The molecule has 25 heavy (non-hydrogen) atoms. The highest BCUT2D eigenvalue weighted by molar-refractivity contribution is 5.95. The fraction of sp³-hybridized carbons (Fsp3) is 0.444. The van der Waals surface area contributed by atoms with Crippen molar-refractivity contribution < 1.29 is 9.18 Å². The van der Waals surface area contributed by atoms with Crippen LogP contribution in [0, 0.1) is 11.7 Å². The predicted octanol–water partition coefficient (Wildman–Crippen LogP) is 2.73. The number of benzene rings is 1. The molecule has 1 aromatic heterocycles. The summed E-state index contributed by atoms with van der Waals surface area (Å²) >= 11 is 0. The zero-order chi connectivity index (χ0) is 16.9. The molecular weight excluding hydrogens is 343 g/mol. The molecule has 1 fully saturated rings. The van der Waals surface area contributed by atoms with Crippen molar-refractivity contribution in [1.82, 2.24) is 20.4 Å². The third-order valence-corrected chi connectivity index (χ3v) is 4.47. The van der Waals surface area contributed by atoms with E-state index in [2.05, 4.69) is 15.7 Å². The maximum absolute atomic E-state index is 13.1. The minimum Gasteiger partial charge on any atom is -0.352 e. The molecule has 2 heterocycles. The van der Waals surface area contributed by atoms with E-state index in [0.29, 0.717) is 24.4 Å². The summed E-state index contributed by atoms with van der Waals surface area (Å²) in [7, 11) is 0. The second-order valence-corrected chi connectivity index (χ2v) is 6.17. The number of hydrogen-bond donors (Lipinski definition) is 2. The molecule has 1 saturated heterocycles. The Kier molecular flexibility index (Phi) is 6.96. The van der Waals surface area contributed by atoms with E-state index in [0.717, 1.165) is 37.3 Å². The molecule has 3 rings (SSSR count). The van der Waals surface area contributed by atoms with Crippen LogP contribution in [-0.4, -0.2) is 35.3 Å². The van der Waals surface area contributed by atoms with Gasteiger partial charge in [0, 0.05) is 6.54 Å². The van der Waals surface area contributed by atoms with Crippen molar-refractivity contribution in [2.45, 2.75) is 26.2 Å². The molecule has 5 nitrogen and oxygen atoms in total. The van der Waals surface area contributed by atoms with Crippen molar-refractivity contribution in [2.24, 2.45) is 5.92 Å². The minimum absolute atomic E-state index is 0. The van der Waals surface area contributed by atoms with Gasteiger partial charge in [-0.15, -0.1) is 12.4 Å². The third kappa shape index (κ3) is 4.58. The first-order valence-corrected chi connectivity index (χ1v) is 8.50. The van der Waals surface area contributed by atoms with Crippen molar-refractivity contribution >= 4 is 18.3 Å². The predicted molar refractivity (Wildman–Crippen MR) is 98.1 cm³/mol. The van der Waals surface area contributed by atoms with Crippen LogP contribution in [0.5, 0.6) is 0 Å². The van der Waals surface area contributed by atoms with Crippen LogP contribution in [0.2, 0.25) is 0 Å². The summed E-state index contributed by atoms with van der Waals surface area (Å²) in [5.74, 6) is 0.105. The average molecular weight is 367 g/mol. The number of halogens is 2. The van der Waals surface area contributed by atoms with E-state index >= 15 is 0 Å². The Morgan fingerprint density at radius 1 is 1.40 bits per heavy atom. The first-order chi connectivity index (χ1) is 11.7. The van der Waals surface area contributed by atoms with E-state index in [4.69, 9.17) is 0 Å². The Bertz CT molecular complexity index is 696. The number of nitrogens with zero attached hydrogens (tertiary/aromatic N) is 2. The molecule has 1 aromatic carbocycles. The molecule has 0 aliphatic carbocycles. The molecule has 2 aromatic rings. The SMILES string of the molecule is CCc1c(C(=O)NCC2CCCNC2)cnn1-c1ccc(F)cc1.Cl. The van der Waals surface area contributed by atoms with Gasteiger partial charge in [-0.05, 0) is 62.5 Å². The van der Waals surface area contributed by atoms with Gasteiger partial charge >= 0.3 is 0 Å². The molecule has 0 bridgehead atoms. The number of carbonyl (C=O) groups excluding carboxylic acids is 1. The zero-order valence-electron chi connectivity index (χ0n) is 14.3. The van der Waals surface area contributed by atoms with Crippen LogP contribution in [-0.2, 0) is 6.42 Å². The highest BCUT2D eigenvalue weighted by Crippen LogP contribution is 2.17. The molecule has 0 spiro atoms. The lowest BCUT2D eigenvalue weighted by molar-refractivity contribution is 0.0944. The molecule has 0 saturated carbocycles. The quantitative estimate of drug-likeness (QED) is 0.855. The Hall–Kier alpha value is -1.92. The smallest absolute Gasteiger partial charge is 0.254 e. The lowest BCUT2D eigenvalue weighted by Crippen LogP contribution is -2.38. The van der Waals surface area contributed by atoms with Gasteiger partial charge in [-0.2, -0.15) is 5.10 Å². The van der Waals surface area contributed by atoms with Gasteiger partial charge in [0.25, 0.3) is 5.91 Å². The Morgan fingerprint density at radius 2 is 2.16 bits per heavy atom. The maximum atomic E-state index is 13.1. The van der Waals surface area contributed by atoms with Crippen LogP contribution < -0.4 is 10.6 Å². The van der Waals surface area contributed by atoms with E-state index < -0.39 is 0 Å². The van der Waals surface area contributed by atoms with Gasteiger partial charge in [-0.1, -0.05) is 6.92 Å². The Labute approximate surface area is 153 Å². The lowest BCUT2D eigenvalue weighted by Gasteiger charge is -2.22. The number of aromatic nitrogens is 2. The largest absolute Gasteiger partial charge is 0.352 e. The molecular formula is C18H24ClFN4O. The van der Waals surface area contributed by atoms with Gasteiger partial charge in [0.1, 0.15) is 5.82 Å². The average Bonchev–Trinajstić information content (AvgIpc) is 3.05. The number of piperidine rings is 1. The lowest BCUT2D eigenvalue weighted by atomic mass is 9.99. The summed E-state index contributed by atoms with van der Waals surface area (Å²) < 4.78 is 14.8. The van der Waals surface area contributed by atoms with Gasteiger partial charge < -0.3 is 10.6 Å². The summed E-state index contributed by atoms with van der Waals surface area (Å²) in [6.07, 6.45) is 4.56. The van der Waals surface area contributed by atoms with Crippen LogP contribution in [0.25, 0.3) is 5.69 Å². The van der Waals surface area contributed by atoms with E-state index in [1.165, 1.54) is 12.1 Å². The third-order valence-electron chi connectivity index (χ3n) is 4.47. The number of amides is 1. The fourth-order valence-corrected chi connectivity index (χ4v) is 3.14. The first-order valence-electron chi connectivity index (χ1n) is 8.50. The number of hydrogen-bond acceptors (Lipinski definition) is 3. The molecule has 2 N–H and O–H groups in total. The van der Waals surface area contributed by atoms with Gasteiger partial charge in [0.05, 0.1) is 23.1 Å². The minimum atomic E-state index is -0.289. The highest BCUT2D eigenvalue weighted by atomic mass is 35.5. The summed E-state index contributed by atoms with van der Waals surface area (Å²) in [4.78, 5) is 12.5. The first kappa shape index (κ1) is 19.4. The van der Waals surface area contributed by atoms with Crippen molar-refractivity contribution in [3.8, 4) is 5.69 Å². The maximum Gasteiger partial charge on any atom is 0.254 e. The highest BCUT2D eigenvalue weighted by Gasteiger charge is 2.19. The Balaban J connectivity index is 0.00000225. The van der Waals surface area contributed by atoms with E-state index in [1.807, 2.05) is 6.92 Å². The molecule has 1 aliphatic rings. The molecule has 7 heteroatoms. The molecule has 136 valence electrons. The van der Waals surface area contributed by atoms with Crippen LogP contribution in [0.15, 0.2) is 30.5 Å². The van der Waals surface area contributed by atoms with Crippen molar-refractivity contribution in [1.29, 1.82) is 0 Å². The van der Waals surface area contributed by atoms with Crippen molar-refractivity contribution in [3.05, 3.63) is 47.5 Å². The molecule has 1 aliphatic heterocycles. The monoisotopic (exact) mass is 366 g/mol. The molecule has 1 unspecified atom stereocenters. The summed E-state index contributed by atoms with van der Waals surface area (Å²) in [5.41, 5.74) is 2.18. The fourth-order valence-electron chi connectivity index (χ4n) is 3.14. The number of rotatable bonds is 5. The summed E-state index contributed by atoms with van der Waals surface area (Å²) in [6, 6.07) is 6.12. The Morgan fingerprint density at radius 3 is 2.80 bits per heavy atom. The molecule has 1 amide bonds. The summed E-state index contributed by atoms with van der Waals surface area (Å²) in [6.45, 7) is 4.68. The van der Waals surface area contributed by atoms with Gasteiger partial charge in [-0.3, -0.25) is 4.79 Å². The molecule has 1 atom stereocenters.